The fourth-order valence-corrected chi connectivity index (χ4v) is 2.93. The summed E-state index contributed by atoms with van der Waals surface area (Å²) in [6, 6.07) is 13.3. The number of rotatable bonds is 8. The van der Waals surface area contributed by atoms with Gasteiger partial charge in [-0.1, -0.05) is 12.1 Å². The highest BCUT2D eigenvalue weighted by atomic mass is 32.2. The van der Waals surface area contributed by atoms with E-state index in [1.807, 2.05) is 31.2 Å². The summed E-state index contributed by atoms with van der Waals surface area (Å²) >= 11 is 1.47. The molecular formula is C19H21FN2O2S. The lowest BCUT2D eigenvalue weighted by Crippen LogP contribution is -2.15. The standard InChI is InChI=1S/C19H21FN2O2S/c1-14-4-2-5-17(12-14)22-18(23)6-3-11-25-13-19(24)21-16-9-7-15(20)8-10-16/h2,4-5,7-10,12H,3,6,11,13H2,1H3,(H,21,24)(H,22,23). The third kappa shape index (κ3) is 7.39. The number of carbonyl (C=O) groups is 2. The van der Waals surface area contributed by atoms with Crippen LogP contribution in [0.5, 0.6) is 0 Å². The van der Waals surface area contributed by atoms with Crippen LogP contribution in [0.1, 0.15) is 18.4 Å². The van der Waals surface area contributed by atoms with E-state index in [0.717, 1.165) is 17.0 Å². The summed E-state index contributed by atoms with van der Waals surface area (Å²) in [5.41, 5.74) is 2.47. The van der Waals surface area contributed by atoms with Crippen LogP contribution in [0.25, 0.3) is 0 Å². The normalized spacial score (nSPS) is 10.3. The van der Waals surface area contributed by atoms with Gasteiger partial charge in [-0.2, -0.15) is 11.8 Å². The van der Waals surface area contributed by atoms with Crippen LogP contribution in [0.15, 0.2) is 48.5 Å². The number of aryl methyl sites for hydroxylation is 1. The summed E-state index contributed by atoms with van der Waals surface area (Å²) in [7, 11) is 0. The monoisotopic (exact) mass is 360 g/mol. The molecular weight excluding hydrogens is 339 g/mol. The van der Waals surface area contributed by atoms with Gasteiger partial charge in [0, 0.05) is 17.8 Å². The molecule has 2 aromatic rings. The lowest BCUT2D eigenvalue weighted by atomic mass is 10.2. The Morgan fingerprint density at radius 3 is 2.44 bits per heavy atom. The largest absolute Gasteiger partial charge is 0.326 e. The summed E-state index contributed by atoms with van der Waals surface area (Å²) in [4.78, 5) is 23.6. The molecule has 0 radical (unpaired) electrons. The number of benzene rings is 2. The number of hydrogen-bond donors (Lipinski definition) is 2. The van der Waals surface area contributed by atoms with Crippen molar-refractivity contribution in [2.45, 2.75) is 19.8 Å². The minimum atomic E-state index is -0.337. The molecule has 2 rings (SSSR count). The number of anilines is 2. The summed E-state index contributed by atoms with van der Waals surface area (Å²) < 4.78 is 12.8. The molecule has 0 aliphatic rings. The second-order valence-electron chi connectivity index (χ2n) is 5.63. The lowest BCUT2D eigenvalue weighted by molar-refractivity contribution is -0.116. The van der Waals surface area contributed by atoms with Gasteiger partial charge in [0.25, 0.3) is 0 Å². The Bertz CT molecular complexity index is 720. The Labute approximate surface area is 151 Å². The first-order valence-corrected chi connectivity index (χ1v) is 9.18. The topological polar surface area (TPSA) is 58.2 Å². The molecule has 2 aromatic carbocycles. The molecule has 0 heterocycles. The van der Waals surface area contributed by atoms with Gasteiger partial charge in [0.15, 0.2) is 0 Å². The molecule has 0 atom stereocenters. The second kappa shape index (κ2) is 9.84. The van der Waals surface area contributed by atoms with Crippen molar-refractivity contribution in [1.82, 2.24) is 0 Å². The smallest absolute Gasteiger partial charge is 0.234 e. The van der Waals surface area contributed by atoms with Crippen LogP contribution in [0, 0.1) is 12.7 Å². The van der Waals surface area contributed by atoms with E-state index in [4.69, 9.17) is 0 Å². The van der Waals surface area contributed by atoms with Crippen LogP contribution in [0.4, 0.5) is 15.8 Å². The fourth-order valence-electron chi connectivity index (χ4n) is 2.18. The predicted molar refractivity (Wildman–Crippen MR) is 101 cm³/mol. The van der Waals surface area contributed by atoms with Gasteiger partial charge in [-0.25, -0.2) is 4.39 Å². The molecule has 4 nitrogen and oxygen atoms in total. The van der Waals surface area contributed by atoms with Crippen LogP contribution >= 0.6 is 11.8 Å². The van der Waals surface area contributed by atoms with Gasteiger partial charge in [-0.3, -0.25) is 9.59 Å². The molecule has 0 aromatic heterocycles. The van der Waals surface area contributed by atoms with E-state index in [-0.39, 0.29) is 17.6 Å². The average Bonchev–Trinajstić information content (AvgIpc) is 2.56. The maximum absolute atomic E-state index is 12.8. The van der Waals surface area contributed by atoms with E-state index in [1.165, 1.54) is 36.0 Å². The first-order chi connectivity index (χ1) is 12.0. The summed E-state index contributed by atoms with van der Waals surface area (Å²) in [5.74, 6) is 0.522. The quantitative estimate of drug-likeness (QED) is 0.693. The van der Waals surface area contributed by atoms with Crippen molar-refractivity contribution in [3.8, 4) is 0 Å². The second-order valence-corrected chi connectivity index (χ2v) is 6.73. The summed E-state index contributed by atoms with van der Waals surface area (Å²) in [6.45, 7) is 1.98. The van der Waals surface area contributed by atoms with Gasteiger partial charge in [0.05, 0.1) is 5.75 Å². The Morgan fingerprint density at radius 1 is 1.00 bits per heavy atom. The van der Waals surface area contributed by atoms with Crippen molar-refractivity contribution >= 4 is 35.0 Å². The number of halogens is 1. The highest BCUT2D eigenvalue weighted by molar-refractivity contribution is 7.99. The van der Waals surface area contributed by atoms with Gasteiger partial charge in [-0.15, -0.1) is 0 Å². The van der Waals surface area contributed by atoms with E-state index in [0.29, 0.717) is 24.3 Å². The molecule has 0 saturated heterocycles. The Kier molecular flexibility index (Phi) is 7.47. The van der Waals surface area contributed by atoms with Crippen LogP contribution in [0.3, 0.4) is 0 Å². The molecule has 132 valence electrons. The Morgan fingerprint density at radius 2 is 1.72 bits per heavy atom. The Balaban J connectivity index is 1.58. The van der Waals surface area contributed by atoms with Gasteiger partial charge >= 0.3 is 0 Å². The molecule has 25 heavy (non-hydrogen) atoms. The van der Waals surface area contributed by atoms with E-state index in [9.17, 15) is 14.0 Å². The molecule has 0 fully saturated rings. The van der Waals surface area contributed by atoms with Crippen molar-refractivity contribution < 1.29 is 14.0 Å². The lowest BCUT2D eigenvalue weighted by Gasteiger charge is -2.06. The van der Waals surface area contributed by atoms with Gasteiger partial charge in [0.1, 0.15) is 5.82 Å². The predicted octanol–water partition coefficient (Wildman–Crippen LogP) is 4.22. The third-order valence-corrected chi connectivity index (χ3v) is 4.40. The molecule has 6 heteroatoms. The van der Waals surface area contributed by atoms with Crippen molar-refractivity contribution in [2.24, 2.45) is 0 Å². The van der Waals surface area contributed by atoms with Crippen LogP contribution in [-0.4, -0.2) is 23.3 Å². The SMILES string of the molecule is Cc1cccc(NC(=O)CCCSCC(=O)Nc2ccc(F)cc2)c1. The van der Waals surface area contributed by atoms with Crippen LogP contribution in [0.2, 0.25) is 0 Å². The molecule has 0 bridgehead atoms. The zero-order chi connectivity index (χ0) is 18.1. The molecule has 0 spiro atoms. The zero-order valence-electron chi connectivity index (χ0n) is 14.0. The number of carbonyl (C=O) groups excluding carboxylic acids is 2. The summed E-state index contributed by atoms with van der Waals surface area (Å²) in [5, 5.41) is 5.56. The highest BCUT2D eigenvalue weighted by Crippen LogP contribution is 2.12. The van der Waals surface area contributed by atoms with Crippen molar-refractivity contribution in [1.29, 1.82) is 0 Å². The van der Waals surface area contributed by atoms with Crippen molar-refractivity contribution in [3.05, 3.63) is 59.9 Å². The molecule has 0 saturated carbocycles. The van der Waals surface area contributed by atoms with Crippen LogP contribution in [-0.2, 0) is 9.59 Å². The maximum Gasteiger partial charge on any atom is 0.234 e. The number of thioether (sulfide) groups is 1. The van der Waals surface area contributed by atoms with Gasteiger partial charge in [0.2, 0.25) is 11.8 Å². The molecule has 0 aliphatic carbocycles. The summed E-state index contributed by atoms with van der Waals surface area (Å²) in [6.07, 6.45) is 1.12. The molecule has 0 aliphatic heterocycles. The first-order valence-electron chi connectivity index (χ1n) is 8.02. The van der Waals surface area contributed by atoms with E-state index in [1.54, 1.807) is 0 Å². The third-order valence-electron chi connectivity index (χ3n) is 3.36. The number of amides is 2. The number of nitrogens with one attached hydrogen (secondary N) is 2. The molecule has 2 N–H and O–H groups in total. The molecule has 0 unspecified atom stereocenters. The van der Waals surface area contributed by atoms with E-state index < -0.39 is 0 Å². The highest BCUT2D eigenvalue weighted by Gasteiger charge is 2.05. The minimum Gasteiger partial charge on any atom is -0.326 e. The number of hydrogen-bond acceptors (Lipinski definition) is 3. The van der Waals surface area contributed by atoms with E-state index in [2.05, 4.69) is 10.6 Å². The Hall–Kier alpha value is -2.34. The van der Waals surface area contributed by atoms with Crippen LogP contribution < -0.4 is 10.6 Å². The van der Waals surface area contributed by atoms with Crippen molar-refractivity contribution in [2.75, 3.05) is 22.1 Å². The maximum atomic E-state index is 12.8. The minimum absolute atomic E-state index is 0.0260. The average molecular weight is 360 g/mol. The molecule has 2 amide bonds. The van der Waals surface area contributed by atoms with E-state index >= 15 is 0 Å². The van der Waals surface area contributed by atoms with Gasteiger partial charge < -0.3 is 10.6 Å². The van der Waals surface area contributed by atoms with Crippen molar-refractivity contribution in [3.63, 3.8) is 0 Å². The van der Waals surface area contributed by atoms with Gasteiger partial charge in [-0.05, 0) is 61.1 Å². The fraction of sp³-hybridized carbons (Fsp3) is 0.263. The zero-order valence-corrected chi connectivity index (χ0v) is 14.9. The first kappa shape index (κ1) is 19.0.